The predicted octanol–water partition coefficient (Wildman–Crippen LogP) is 3.12. The van der Waals surface area contributed by atoms with Crippen LogP contribution in [-0.2, 0) is 10.2 Å². The van der Waals surface area contributed by atoms with Crippen molar-refractivity contribution in [2.75, 3.05) is 11.9 Å². The summed E-state index contributed by atoms with van der Waals surface area (Å²) >= 11 is 1.31. The van der Waals surface area contributed by atoms with Crippen LogP contribution >= 0.6 is 11.3 Å². The zero-order valence-electron chi connectivity index (χ0n) is 13.3. The lowest BCUT2D eigenvalue weighted by Gasteiger charge is -2.20. The number of nitrogens with one attached hydrogen (secondary N) is 2. The van der Waals surface area contributed by atoms with E-state index in [0.29, 0.717) is 10.6 Å². The van der Waals surface area contributed by atoms with E-state index in [2.05, 4.69) is 10.6 Å². The molecule has 1 aromatic heterocycles. The minimum Gasteiger partial charge on any atom is -0.506 e. The van der Waals surface area contributed by atoms with Gasteiger partial charge in [0.2, 0.25) is 5.91 Å². The summed E-state index contributed by atoms with van der Waals surface area (Å²) in [6.07, 6.45) is 0. The quantitative estimate of drug-likeness (QED) is 0.753. The lowest BCUT2D eigenvalue weighted by Crippen LogP contribution is -2.32. The molecule has 0 aliphatic rings. The smallest absolute Gasteiger partial charge is 0.261 e. The van der Waals surface area contributed by atoms with Crippen molar-refractivity contribution in [3.05, 3.63) is 46.2 Å². The van der Waals surface area contributed by atoms with Crippen molar-refractivity contribution in [3.8, 4) is 5.75 Å². The fourth-order valence-electron chi connectivity index (χ4n) is 1.95. The number of aromatic hydroxyl groups is 1. The molecular weight excluding hydrogens is 312 g/mol. The third-order valence-electron chi connectivity index (χ3n) is 3.29. The van der Waals surface area contributed by atoms with E-state index in [1.165, 1.54) is 11.3 Å². The molecule has 0 unspecified atom stereocenters. The summed E-state index contributed by atoms with van der Waals surface area (Å²) in [6.45, 7) is 5.99. The van der Waals surface area contributed by atoms with Crippen LogP contribution in [0.25, 0.3) is 0 Å². The molecule has 3 N–H and O–H groups in total. The van der Waals surface area contributed by atoms with Crippen LogP contribution < -0.4 is 10.6 Å². The highest BCUT2D eigenvalue weighted by Crippen LogP contribution is 2.30. The Hall–Kier alpha value is -2.34. The molecule has 0 aliphatic carbocycles. The molecule has 2 rings (SSSR count). The molecule has 23 heavy (non-hydrogen) atoms. The van der Waals surface area contributed by atoms with Crippen LogP contribution in [0.4, 0.5) is 5.69 Å². The predicted molar refractivity (Wildman–Crippen MR) is 92.1 cm³/mol. The summed E-state index contributed by atoms with van der Waals surface area (Å²) in [5, 5.41) is 16.8. The molecule has 0 saturated carbocycles. The number of amides is 2. The van der Waals surface area contributed by atoms with Gasteiger partial charge in [0.25, 0.3) is 5.91 Å². The van der Waals surface area contributed by atoms with Crippen molar-refractivity contribution in [3.63, 3.8) is 0 Å². The second-order valence-corrected chi connectivity index (χ2v) is 7.14. The van der Waals surface area contributed by atoms with Gasteiger partial charge >= 0.3 is 0 Å². The van der Waals surface area contributed by atoms with Crippen LogP contribution in [0.15, 0.2) is 35.7 Å². The van der Waals surface area contributed by atoms with Crippen LogP contribution in [-0.4, -0.2) is 23.5 Å². The van der Waals surface area contributed by atoms with Gasteiger partial charge in [-0.1, -0.05) is 32.9 Å². The molecular formula is C17H20N2O3S. The molecule has 0 saturated heterocycles. The minimum atomic E-state index is -0.392. The second kappa shape index (κ2) is 6.83. The Labute approximate surface area is 139 Å². The standard InChI is InChI=1S/C17H20N2O3S/c1-17(2,3)11-6-7-13(20)12(9-11)19-15(21)10-18-16(22)14-5-4-8-23-14/h4-9,20H,10H2,1-3H3,(H,18,22)(H,19,21). The van der Waals surface area contributed by atoms with Gasteiger partial charge in [0.15, 0.2) is 0 Å². The summed E-state index contributed by atoms with van der Waals surface area (Å²) in [5.41, 5.74) is 1.24. The number of hydrogen-bond acceptors (Lipinski definition) is 4. The highest BCUT2D eigenvalue weighted by Gasteiger charge is 2.16. The summed E-state index contributed by atoms with van der Waals surface area (Å²) < 4.78 is 0. The van der Waals surface area contributed by atoms with Gasteiger partial charge in [-0.05, 0) is 34.6 Å². The highest BCUT2D eigenvalue weighted by atomic mass is 32.1. The van der Waals surface area contributed by atoms with Crippen molar-refractivity contribution in [1.29, 1.82) is 0 Å². The number of rotatable bonds is 4. The summed E-state index contributed by atoms with van der Waals surface area (Å²) in [5.74, 6) is -0.685. The maximum absolute atomic E-state index is 12.0. The first-order chi connectivity index (χ1) is 10.8. The summed E-state index contributed by atoms with van der Waals surface area (Å²) in [6, 6.07) is 8.59. The summed E-state index contributed by atoms with van der Waals surface area (Å²) in [4.78, 5) is 24.3. The third kappa shape index (κ3) is 4.56. The maximum Gasteiger partial charge on any atom is 0.261 e. The molecule has 0 radical (unpaired) electrons. The Kier molecular flexibility index (Phi) is 5.05. The van der Waals surface area contributed by atoms with Gasteiger partial charge in [0.05, 0.1) is 17.1 Å². The van der Waals surface area contributed by atoms with Gasteiger partial charge in [-0.2, -0.15) is 0 Å². The first-order valence-corrected chi connectivity index (χ1v) is 8.10. The SMILES string of the molecule is CC(C)(C)c1ccc(O)c(NC(=O)CNC(=O)c2cccs2)c1. The fourth-order valence-corrected chi connectivity index (χ4v) is 2.59. The zero-order chi connectivity index (χ0) is 17.0. The van der Waals surface area contributed by atoms with Gasteiger partial charge in [-0.25, -0.2) is 0 Å². The Morgan fingerprint density at radius 1 is 1.22 bits per heavy atom. The number of carbonyl (C=O) groups is 2. The first-order valence-electron chi connectivity index (χ1n) is 7.22. The van der Waals surface area contributed by atoms with Gasteiger partial charge < -0.3 is 15.7 Å². The second-order valence-electron chi connectivity index (χ2n) is 6.19. The molecule has 1 heterocycles. The highest BCUT2D eigenvalue weighted by molar-refractivity contribution is 7.12. The van der Waals surface area contributed by atoms with E-state index in [0.717, 1.165) is 5.56 Å². The van der Waals surface area contributed by atoms with E-state index in [-0.39, 0.29) is 23.6 Å². The third-order valence-corrected chi connectivity index (χ3v) is 4.16. The van der Waals surface area contributed by atoms with Crippen molar-refractivity contribution in [2.24, 2.45) is 0 Å². The molecule has 5 nitrogen and oxygen atoms in total. The Bertz CT molecular complexity index is 703. The minimum absolute atomic E-state index is 0.00377. The molecule has 1 aromatic carbocycles. The Morgan fingerprint density at radius 2 is 1.96 bits per heavy atom. The monoisotopic (exact) mass is 332 g/mol. The van der Waals surface area contributed by atoms with Gasteiger partial charge in [0.1, 0.15) is 5.75 Å². The molecule has 0 atom stereocenters. The lowest BCUT2D eigenvalue weighted by molar-refractivity contribution is -0.115. The number of benzene rings is 1. The van der Waals surface area contributed by atoms with E-state index in [1.807, 2.05) is 26.8 Å². The molecule has 0 spiro atoms. The maximum atomic E-state index is 12.0. The van der Waals surface area contributed by atoms with Crippen LogP contribution in [0, 0.1) is 0 Å². The molecule has 0 bridgehead atoms. The van der Waals surface area contributed by atoms with Gasteiger partial charge in [-0.3, -0.25) is 9.59 Å². The van der Waals surface area contributed by atoms with E-state index < -0.39 is 5.91 Å². The van der Waals surface area contributed by atoms with E-state index in [1.54, 1.807) is 29.6 Å². The average molecular weight is 332 g/mol. The first kappa shape index (κ1) is 17.0. The Morgan fingerprint density at radius 3 is 2.57 bits per heavy atom. The van der Waals surface area contributed by atoms with Crippen LogP contribution in [0.2, 0.25) is 0 Å². The van der Waals surface area contributed by atoms with E-state index >= 15 is 0 Å². The number of thiophene rings is 1. The molecule has 122 valence electrons. The Balaban J connectivity index is 1.99. The molecule has 6 heteroatoms. The average Bonchev–Trinajstić information content (AvgIpc) is 3.00. The van der Waals surface area contributed by atoms with Crippen LogP contribution in [0.3, 0.4) is 0 Å². The largest absolute Gasteiger partial charge is 0.506 e. The molecule has 0 fully saturated rings. The fraction of sp³-hybridized carbons (Fsp3) is 0.294. The van der Waals surface area contributed by atoms with Crippen LogP contribution in [0.1, 0.15) is 36.0 Å². The van der Waals surface area contributed by atoms with Gasteiger partial charge in [-0.15, -0.1) is 11.3 Å². The van der Waals surface area contributed by atoms with Crippen molar-refractivity contribution >= 4 is 28.8 Å². The molecule has 0 aliphatic heterocycles. The van der Waals surface area contributed by atoms with E-state index in [9.17, 15) is 14.7 Å². The molecule has 2 amide bonds. The van der Waals surface area contributed by atoms with Crippen molar-refractivity contribution in [1.82, 2.24) is 5.32 Å². The van der Waals surface area contributed by atoms with E-state index in [4.69, 9.17) is 0 Å². The lowest BCUT2D eigenvalue weighted by atomic mass is 9.87. The number of carbonyl (C=O) groups excluding carboxylic acids is 2. The number of phenolic OH excluding ortho intramolecular Hbond substituents is 1. The number of anilines is 1. The number of phenols is 1. The summed E-state index contributed by atoms with van der Waals surface area (Å²) in [7, 11) is 0. The number of hydrogen-bond donors (Lipinski definition) is 3. The molecule has 2 aromatic rings. The zero-order valence-corrected chi connectivity index (χ0v) is 14.2. The topological polar surface area (TPSA) is 78.4 Å². The normalized spacial score (nSPS) is 11.1. The van der Waals surface area contributed by atoms with Crippen LogP contribution in [0.5, 0.6) is 5.75 Å². The van der Waals surface area contributed by atoms with Gasteiger partial charge in [0, 0.05) is 0 Å². The van der Waals surface area contributed by atoms with Crippen molar-refractivity contribution in [2.45, 2.75) is 26.2 Å². The van der Waals surface area contributed by atoms with Crippen molar-refractivity contribution < 1.29 is 14.7 Å².